The third-order valence-corrected chi connectivity index (χ3v) is 3.64. The molecule has 2 bridgehead atoms. The highest BCUT2D eigenvalue weighted by Crippen LogP contribution is 2.48. The molecule has 3 aliphatic rings. The lowest BCUT2D eigenvalue weighted by Gasteiger charge is -2.24. The fourth-order valence-corrected chi connectivity index (χ4v) is 3.01. The van der Waals surface area contributed by atoms with Crippen molar-refractivity contribution in [2.75, 3.05) is 19.8 Å². The minimum atomic E-state index is 0.282. The number of aliphatic hydroxyl groups excluding tert-OH is 1. The van der Waals surface area contributed by atoms with Gasteiger partial charge in [-0.2, -0.15) is 0 Å². The SMILES string of the molecule is OCC1CC2OC1C1COCC21. The summed E-state index contributed by atoms with van der Waals surface area (Å²) in [5, 5.41) is 9.09. The minimum absolute atomic E-state index is 0.282. The fourth-order valence-electron chi connectivity index (χ4n) is 3.01. The molecule has 5 unspecified atom stereocenters. The van der Waals surface area contributed by atoms with Crippen molar-refractivity contribution in [2.45, 2.75) is 18.6 Å². The number of hydrogen-bond acceptors (Lipinski definition) is 3. The van der Waals surface area contributed by atoms with Crippen LogP contribution in [0, 0.1) is 17.8 Å². The molecule has 3 heteroatoms. The summed E-state index contributed by atoms with van der Waals surface area (Å²) >= 11 is 0. The van der Waals surface area contributed by atoms with Crippen molar-refractivity contribution in [1.82, 2.24) is 0 Å². The van der Waals surface area contributed by atoms with E-state index in [-0.39, 0.29) is 6.61 Å². The van der Waals surface area contributed by atoms with E-state index in [1.807, 2.05) is 0 Å². The van der Waals surface area contributed by atoms with E-state index < -0.39 is 0 Å². The number of aliphatic hydroxyl groups is 1. The van der Waals surface area contributed by atoms with Gasteiger partial charge in [-0.05, 0) is 6.42 Å². The maximum atomic E-state index is 9.09. The third-order valence-electron chi connectivity index (χ3n) is 3.64. The van der Waals surface area contributed by atoms with Gasteiger partial charge in [0.05, 0.1) is 25.4 Å². The standard InChI is InChI=1S/C9H14O3/c10-2-5-1-8-6-3-11-4-7(6)9(5)12-8/h5-10H,1-4H2. The molecule has 0 spiro atoms. The van der Waals surface area contributed by atoms with E-state index in [0.717, 1.165) is 19.6 Å². The second-order valence-electron chi connectivity index (χ2n) is 4.18. The van der Waals surface area contributed by atoms with E-state index in [4.69, 9.17) is 14.6 Å². The smallest absolute Gasteiger partial charge is 0.0684 e. The van der Waals surface area contributed by atoms with Gasteiger partial charge in [-0.25, -0.2) is 0 Å². The van der Waals surface area contributed by atoms with E-state index in [1.54, 1.807) is 0 Å². The van der Waals surface area contributed by atoms with Crippen molar-refractivity contribution in [3.8, 4) is 0 Å². The van der Waals surface area contributed by atoms with Crippen molar-refractivity contribution in [1.29, 1.82) is 0 Å². The van der Waals surface area contributed by atoms with Gasteiger partial charge in [0.25, 0.3) is 0 Å². The molecule has 3 rings (SSSR count). The summed E-state index contributed by atoms with van der Waals surface area (Å²) in [6.07, 6.45) is 1.73. The van der Waals surface area contributed by atoms with Crippen LogP contribution in [0.25, 0.3) is 0 Å². The molecule has 3 fully saturated rings. The van der Waals surface area contributed by atoms with E-state index in [2.05, 4.69) is 0 Å². The highest BCUT2D eigenvalue weighted by Gasteiger charge is 2.55. The Balaban J connectivity index is 1.83. The predicted octanol–water partition coefficient (Wildman–Crippen LogP) is 0.0286. The van der Waals surface area contributed by atoms with Gasteiger partial charge in [-0.15, -0.1) is 0 Å². The topological polar surface area (TPSA) is 38.7 Å². The Bertz CT molecular complexity index is 192. The first kappa shape index (κ1) is 7.30. The quantitative estimate of drug-likeness (QED) is 0.603. The first-order valence-electron chi connectivity index (χ1n) is 4.74. The molecule has 0 radical (unpaired) electrons. The molecule has 12 heavy (non-hydrogen) atoms. The van der Waals surface area contributed by atoms with Gasteiger partial charge in [-0.1, -0.05) is 0 Å². The molecule has 1 N–H and O–H groups in total. The Morgan fingerprint density at radius 1 is 1.25 bits per heavy atom. The van der Waals surface area contributed by atoms with Crippen LogP contribution in [0.15, 0.2) is 0 Å². The molecule has 0 aliphatic carbocycles. The zero-order valence-electron chi connectivity index (χ0n) is 6.98. The lowest BCUT2D eigenvalue weighted by Crippen LogP contribution is -2.33. The first-order chi connectivity index (χ1) is 5.90. The van der Waals surface area contributed by atoms with Gasteiger partial charge in [-0.3, -0.25) is 0 Å². The van der Waals surface area contributed by atoms with Crippen molar-refractivity contribution < 1.29 is 14.6 Å². The van der Waals surface area contributed by atoms with Crippen LogP contribution in [0.5, 0.6) is 0 Å². The maximum Gasteiger partial charge on any atom is 0.0684 e. The molecular weight excluding hydrogens is 156 g/mol. The van der Waals surface area contributed by atoms with E-state index in [0.29, 0.717) is 30.0 Å². The fraction of sp³-hybridized carbons (Fsp3) is 1.00. The molecule has 0 aromatic heterocycles. The zero-order valence-corrected chi connectivity index (χ0v) is 6.98. The van der Waals surface area contributed by atoms with Gasteiger partial charge in [0, 0.05) is 24.4 Å². The highest BCUT2D eigenvalue weighted by molar-refractivity contribution is 5.02. The summed E-state index contributed by atoms with van der Waals surface area (Å²) in [4.78, 5) is 0. The summed E-state index contributed by atoms with van der Waals surface area (Å²) in [5.74, 6) is 1.61. The average Bonchev–Trinajstić information content (AvgIpc) is 2.75. The first-order valence-corrected chi connectivity index (χ1v) is 4.74. The molecule has 0 saturated carbocycles. The van der Waals surface area contributed by atoms with E-state index in [9.17, 15) is 0 Å². The van der Waals surface area contributed by atoms with Gasteiger partial charge in [0.15, 0.2) is 0 Å². The summed E-state index contributed by atoms with van der Waals surface area (Å²) in [6, 6.07) is 0. The number of ether oxygens (including phenoxy) is 2. The van der Waals surface area contributed by atoms with E-state index >= 15 is 0 Å². The number of rotatable bonds is 1. The van der Waals surface area contributed by atoms with Crippen LogP contribution in [0.1, 0.15) is 6.42 Å². The van der Waals surface area contributed by atoms with Crippen LogP contribution in [-0.4, -0.2) is 37.1 Å². The van der Waals surface area contributed by atoms with Crippen molar-refractivity contribution in [3.63, 3.8) is 0 Å². The third kappa shape index (κ3) is 0.767. The highest BCUT2D eigenvalue weighted by atomic mass is 16.5. The van der Waals surface area contributed by atoms with Crippen LogP contribution >= 0.6 is 0 Å². The minimum Gasteiger partial charge on any atom is -0.396 e. The summed E-state index contributed by atoms with van der Waals surface area (Å²) < 4.78 is 11.2. The monoisotopic (exact) mass is 170 g/mol. The Kier molecular flexibility index (Phi) is 1.48. The molecule has 3 nitrogen and oxygen atoms in total. The largest absolute Gasteiger partial charge is 0.396 e. The van der Waals surface area contributed by atoms with Gasteiger partial charge in [0.2, 0.25) is 0 Å². The summed E-state index contributed by atoms with van der Waals surface area (Å²) in [6.45, 7) is 2.01. The molecule has 5 atom stereocenters. The summed E-state index contributed by atoms with van der Waals surface area (Å²) in [7, 11) is 0. The van der Waals surface area contributed by atoms with Crippen LogP contribution < -0.4 is 0 Å². The second-order valence-corrected chi connectivity index (χ2v) is 4.18. The lowest BCUT2D eigenvalue weighted by atomic mass is 9.76. The zero-order chi connectivity index (χ0) is 8.13. The van der Waals surface area contributed by atoms with Crippen LogP contribution in [0.2, 0.25) is 0 Å². The average molecular weight is 170 g/mol. The Hall–Kier alpha value is -0.120. The Labute approximate surface area is 71.7 Å². The molecule has 0 amide bonds. The van der Waals surface area contributed by atoms with Gasteiger partial charge >= 0.3 is 0 Å². The van der Waals surface area contributed by atoms with Crippen molar-refractivity contribution in [2.24, 2.45) is 17.8 Å². The number of fused-ring (bicyclic) bond motifs is 5. The van der Waals surface area contributed by atoms with Crippen molar-refractivity contribution >= 4 is 0 Å². The molecule has 68 valence electrons. The molecule has 0 aromatic carbocycles. The Morgan fingerprint density at radius 2 is 2.08 bits per heavy atom. The van der Waals surface area contributed by atoms with Gasteiger partial charge < -0.3 is 14.6 Å². The maximum absolute atomic E-state index is 9.09. The van der Waals surface area contributed by atoms with Crippen LogP contribution in [0.3, 0.4) is 0 Å². The Morgan fingerprint density at radius 3 is 2.92 bits per heavy atom. The molecule has 3 saturated heterocycles. The van der Waals surface area contributed by atoms with Crippen LogP contribution in [0.4, 0.5) is 0 Å². The van der Waals surface area contributed by atoms with Crippen molar-refractivity contribution in [3.05, 3.63) is 0 Å². The van der Waals surface area contributed by atoms with Gasteiger partial charge in [0.1, 0.15) is 0 Å². The van der Waals surface area contributed by atoms with E-state index in [1.165, 1.54) is 0 Å². The predicted molar refractivity (Wildman–Crippen MR) is 41.7 cm³/mol. The number of hydrogen-bond donors (Lipinski definition) is 1. The summed E-state index contributed by atoms with van der Waals surface area (Å²) in [5.41, 5.74) is 0. The molecule has 0 aromatic rings. The van der Waals surface area contributed by atoms with Crippen LogP contribution in [-0.2, 0) is 9.47 Å². The second kappa shape index (κ2) is 2.44. The normalized spacial score (nSPS) is 56.2. The molecule has 3 heterocycles. The molecule has 3 aliphatic heterocycles. The molecular formula is C9H14O3. The lowest BCUT2D eigenvalue weighted by molar-refractivity contribution is 0.0299.